The topological polar surface area (TPSA) is 141 Å². The molecule has 1 atom stereocenters. The predicted molar refractivity (Wildman–Crippen MR) is 137 cm³/mol. The van der Waals surface area contributed by atoms with Gasteiger partial charge in [0.05, 0.1) is 11.8 Å². The van der Waals surface area contributed by atoms with Gasteiger partial charge in [-0.15, -0.1) is 0 Å². The zero-order chi connectivity index (χ0) is 26.4. The molecule has 1 saturated heterocycles. The molecule has 37 heavy (non-hydrogen) atoms. The van der Waals surface area contributed by atoms with Gasteiger partial charge in [0.15, 0.2) is 0 Å². The molecule has 1 fully saturated rings. The number of nitrogens with zero attached hydrogens (tertiary/aromatic N) is 3. The van der Waals surface area contributed by atoms with Crippen molar-refractivity contribution in [1.82, 2.24) is 25.0 Å². The molecule has 12 heteroatoms. The van der Waals surface area contributed by atoms with E-state index in [0.29, 0.717) is 31.0 Å². The minimum absolute atomic E-state index is 0.0581. The molecule has 2 heterocycles. The number of sulfonamides is 1. The number of piperazine rings is 1. The molecule has 4 rings (SSSR count). The highest BCUT2D eigenvalue weighted by Crippen LogP contribution is 2.19. The SMILES string of the molecule is CS(=O)(=O)N1CCN([C@@H](CNC(=O)c2ccc(OCc3ccnc4ccccc34)cc2)C(=O)NO)CC1. The minimum atomic E-state index is -3.32. The Balaban J connectivity index is 1.33. The highest BCUT2D eigenvalue weighted by atomic mass is 32.2. The van der Waals surface area contributed by atoms with Crippen LogP contribution in [0.5, 0.6) is 5.75 Å². The first-order chi connectivity index (χ1) is 17.8. The Bertz CT molecular complexity index is 1350. The molecule has 196 valence electrons. The van der Waals surface area contributed by atoms with Gasteiger partial charge in [0, 0.05) is 55.4 Å². The number of para-hydroxylation sites is 1. The van der Waals surface area contributed by atoms with E-state index in [2.05, 4.69) is 10.3 Å². The molecule has 0 saturated carbocycles. The van der Waals surface area contributed by atoms with E-state index in [1.807, 2.05) is 30.3 Å². The van der Waals surface area contributed by atoms with Crippen LogP contribution in [0.1, 0.15) is 15.9 Å². The predicted octanol–water partition coefficient (Wildman–Crippen LogP) is 0.995. The molecule has 3 aromatic rings. The van der Waals surface area contributed by atoms with E-state index in [1.54, 1.807) is 40.8 Å². The second kappa shape index (κ2) is 11.6. The molecule has 2 amide bonds. The van der Waals surface area contributed by atoms with Crippen LogP contribution in [0.25, 0.3) is 10.9 Å². The third kappa shape index (κ3) is 6.60. The van der Waals surface area contributed by atoms with E-state index >= 15 is 0 Å². The summed E-state index contributed by atoms with van der Waals surface area (Å²) in [6, 6.07) is 15.5. The van der Waals surface area contributed by atoms with E-state index < -0.39 is 27.9 Å². The first-order valence-electron chi connectivity index (χ1n) is 11.7. The van der Waals surface area contributed by atoms with Gasteiger partial charge in [-0.2, -0.15) is 4.31 Å². The lowest BCUT2D eigenvalue weighted by atomic mass is 10.1. The number of pyridine rings is 1. The molecule has 0 aliphatic carbocycles. The summed E-state index contributed by atoms with van der Waals surface area (Å²) < 4.78 is 30.7. The van der Waals surface area contributed by atoms with Gasteiger partial charge in [-0.1, -0.05) is 18.2 Å². The highest BCUT2D eigenvalue weighted by molar-refractivity contribution is 7.88. The van der Waals surface area contributed by atoms with E-state index in [0.717, 1.165) is 22.7 Å². The molecule has 0 unspecified atom stereocenters. The Morgan fingerprint density at radius 3 is 2.43 bits per heavy atom. The van der Waals surface area contributed by atoms with Crippen LogP contribution < -0.4 is 15.5 Å². The van der Waals surface area contributed by atoms with Gasteiger partial charge < -0.3 is 10.1 Å². The zero-order valence-electron chi connectivity index (χ0n) is 20.3. The maximum absolute atomic E-state index is 12.7. The molecule has 11 nitrogen and oxygen atoms in total. The summed E-state index contributed by atoms with van der Waals surface area (Å²) in [5.74, 6) is -0.476. The van der Waals surface area contributed by atoms with Crippen molar-refractivity contribution in [3.8, 4) is 5.75 Å². The number of hydroxylamine groups is 1. The number of carbonyl (C=O) groups is 2. The van der Waals surface area contributed by atoms with Crippen LogP contribution >= 0.6 is 0 Å². The normalized spacial score (nSPS) is 15.7. The molecular formula is C25H29N5O6S. The van der Waals surface area contributed by atoms with E-state index in [9.17, 15) is 18.0 Å². The Labute approximate surface area is 215 Å². The lowest BCUT2D eigenvalue weighted by Gasteiger charge is -2.37. The van der Waals surface area contributed by atoms with Crippen LogP contribution in [0.4, 0.5) is 0 Å². The molecule has 0 spiro atoms. The largest absolute Gasteiger partial charge is 0.489 e. The van der Waals surface area contributed by atoms with Crippen molar-refractivity contribution in [2.24, 2.45) is 0 Å². The first-order valence-corrected chi connectivity index (χ1v) is 13.6. The van der Waals surface area contributed by atoms with Crippen LogP contribution in [-0.2, 0) is 21.4 Å². The third-order valence-corrected chi connectivity index (χ3v) is 7.61. The van der Waals surface area contributed by atoms with Crippen molar-refractivity contribution in [2.75, 3.05) is 39.0 Å². The quantitative estimate of drug-likeness (QED) is 0.276. The van der Waals surface area contributed by atoms with Gasteiger partial charge in [-0.05, 0) is 36.4 Å². The maximum atomic E-state index is 12.7. The van der Waals surface area contributed by atoms with Crippen LogP contribution in [0.3, 0.4) is 0 Å². The highest BCUT2D eigenvalue weighted by Gasteiger charge is 2.31. The number of hydrogen-bond acceptors (Lipinski definition) is 8. The number of carbonyl (C=O) groups excluding carboxylic acids is 2. The van der Waals surface area contributed by atoms with Crippen molar-refractivity contribution in [2.45, 2.75) is 12.6 Å². The summed E-state index contributed by atoms with van der Waals surface area (Å²) in [6.45, 7) is 1.31. The fourth-order valence-corrected chi connectivity index (χ4v) is 5.07. The fraction of sp³-hybridized carbons (Fsp3) is 0.320. The Morgan fingerprint density at radius 2 is 1.76 bits per heavy atom. The smallest absolute Gasteiger partial charge is 0.262 e. The van der Waals surface area contributed by atoms with Crippen molar-refractivity contribution in [1.29, 1.82) is 0 Å². The number of amides is 2. The van der Waals surface area contributed by atoms with Crippen molar-refractivity contribution in [3.63, 3.8) is 0 Å². The van der Waals surface area contributed by atoms with E-state index in [4.69, 9.17) is 9.94 Å². The van der Waals surface area contributed by atoms with Crippen molar-refractivity contribution in [3.05, 3.63) is 71.9 Å². The molecule has 0 radical (unpaired) electrons. The molecule has 3 N–H and O–H groups in total. The number of benzene rings is 2. The maximum Gasteiger partial charge on any atom is 0.262 e. The Hall–Kier alpha value is -3.58. The van der Waals surface area contributed by atoms with Gasteiger partial charge >= 0.3 is 0 Å². The van der Waals surface area contributed by atoms with Crippen LogP contribution in [-0.4, -0.2) is 84.6 Å². The van der Waals surface area contributed by atoms with Crippen LogP contribution in [0, 0.1) is 0 Å². The Morgan fingerprint density at radius 1 is 1.05 bits per heavy atom. The summed E-state index contributed by atoms with van der Waals surface area (Å²) in [6.07, 6.45) is 2.88. The average molecular weight is 528 g/mol. The van der Waals surface area contributed by atoms with Gasteiger partial charge in [0.25, 0.3) is 11.8 Å². The molecule has 2 aromatic carbocycles. The number of fused-ring (bicyclic) bond motifs is 1. The van der Waals surface area contributed by atoms with Crippen LogP contribution in [0.2, 0.25) is 0 Å². The van der Waals surface area contributed by atoms with E-state index in [-0.39, 0.29) is 19.6 Å². The van der Waals surface area contributed by atoms with Gasteiger partial charge in [0.2, 0.25) is 10.0 Å². The van der Waals surface area contributed by atoms with Gasteiger partial charge in [0.1, 0.15) is 18.4 Å². The van der Waals surface area contributed by atoms with Crippen molar-refractivity contribution < 1.29 is 28.0 Å². The van der Waals surface area contributed by atoms with Crippen LogP contribution in [0.15, 0.2) is 60.8 Å². The molecule has 1 aromatic heterocycles. The third-order valence-electron chi connectivity index (χ3n) is 6.30. The number of nitrogens with one attached hydrogen (secondary N) is 2. The molecule has 0 bridgehead atoms. The summed E-state index contributed by atoms with van der Waals surface area (Å²) in [5, 5.41) is 12.9. The summed E-state index contributed by atoms with van der Waals surface area (Å²) >= 11 is 0. The second-order valence-corrected chi connectivity index (χ2v) is 10.7. The molecular weight excluding hydrogens is 498 g/mol. The van der Waals surface area contributed by atoms with E-state index in [1.165, 1.54) is 4.31 Å². The second-order valence-electron chi connectivity index (χ2n) is 8.70. The number of hydrogen-bond donors (Lipinski definition) is 3. The van der Waals surface area contributed by atoms with Gasteiger partial charge in [-0.25, -0.2) is 13.9 Å². The summed E-state index contributed by atoms with van der Waals surface area (Å²) in [7, 11) is -3.32. The monoisotopic (exact) mass is 527 g/mol. The Kier molecular flexibility index (Phi) is 8.34. The number of aromatic nitrogens is 1. The summed E-state index contributed by atoms with van der Waals surface area (Å²) in [5.41, 5.74) is 3.90. The molecule has 1 aliphatic rings. The average Bonchev–Trinajstić information content (AvgIpc) is 2.91. The number of rotatable bonds is 9. The lowest BCUT2D eigenvalue weighted by Crippen LogP contribution is -2.58. The minimum Gasteiger partial charge on any atom is -0.489 e. The summed E-state index contributed by atoms with van der Waals surface area (Å²) in [4.78, 5) is 31.0. The standard InChI is InChI=1S/C25H29N5O6S/c1-37(34,35)30-14-12-29(13-15-30)23(25(32)28-33)16-27-24(31)18-6-8-20(9-7-18)36-17-19-10-11-26-22-5-3-2-4-21(19)22/h2-11,23,33H,12-17H2,1H3,(H,27,31)(H,28,32)/t23-/m0/s1. The fourth-order valence-electron chi connectivity index (χ4n) is 4.25. The first kappa shape index (κ1) is 26.5. The van der Waals surface area contributed by atoms with Crippen molar-refractivity contribution >= 4 is 32.7 Å². The molecule has 1 aliphatic heterocycles. The zero-order valence-corrected chi connectivity index (χ0v) is 21.1. The number of ether oxygens (including phenoxy) is 1. The van der Waals surface area contributed by atoms with Gasteiger partial charge in [-0.3, -0.25) is 24.7 Å². The lowest BCUT2D eigenvalue weighted by molar-refractivity contribution is -0.135.